The van der Waals surface area contributed by atoms with Gasteiger partial charge in [0.1, 0.15) is 11.6 Å². The van der Waals surface area contributed by atoms with Crippen molar-refractivity contribution in [3.05, 3.63) is 59.2 Å². The quantitative estimate of drug-likeness (QED) is 0.896. The maximum absolute atomic E-state index is 14.6. The molecule has 1 fully saturated rings. The summed E-state index contributed by atoms with van der Waals surface area (Å²) in [6, 6.07) is 8.82. The van der Waals surface area contributed by atoms with Gasteiger partial charge in [0.15, 0.2) is 0 Å². The van der Waals surface area contributed by atoms with Gasteiger partial charge >= 0.3 is 0 Å². The number of benzene rings is 2. The zero-order chi connectivity index (χ0) is 18.7. The third-order valence-corrected chi connectivity index (χ3v) is 5.09. The first-order valence-electron chi connectivity index (χ1n) is 8.99. The van der Waals surface area contributed by atoms with Gasteiger partial charge in [0.05, 0.1) is 0 Å². The lowest BCUT2D eigenvalue weighted by Gasteiger charge is -2.32. The number of hydrogen-bond acceptors (Lipinski definition) is 2. The number of aryl methyl sites for hydroxylation is 1. The monoisotopic (exact) mass is 358 g/mol. The van der Waals surface area contributed by atoms with Gasteiger partial charge in [0, 0.05) is 24.2 Å². The van der Waals surface area contributed by atoms with Gasteiger partial charge < -0.3 is 10.2 Å². The van der Waals surface area contributed by atoms with Crippen LogP contribution in [-0.2, 0) is 0 Å². The number of hydrogen-bond donors (Lipinski definition) is 1. The van der Waals surface area contributed by atoms with Gasteiger partial charge in [-0.3, -0.25) is 4.79 Å². The van der Waals surface area contributed by atoms with Crippen LogP contribution < -0.4 is 5.32 Å². The Kier molecular flexibility index (Phi) is 5.67. The molecule has 138 valence electrons. The van der Waals surface area contributed by atoms with Gasteiger partial charge in [-0.15, -0.1) is 0 Å². The highest BCUT2D eigenvalue weighted by molar-refractivity contribution is 5.95. The summed E-state index contributed by atoms with van der Waals surface area (Å²) in [6.45, 7) is 4.10. The van der Waals surface area contributed by atoms with Crippen LogP contribution in [0.25, 0.3) is 11.1 Å². The topological polar surface area (TPSA) is 32.3 Å². The number of likely N-dealkylation sites (tertiary alicyclic amines) is 1. The van der Waals surface area contributed by atoms with E-state index in [9.17, 15) is 13.6 Å². The van der Waals surface area contributed by atoms with Crippen molar-refractivity contribution in [1.29, 1.82) is 0 Å². The fraction of sp³-hybridized carbons (Fsp3) is 0.381. The second kappa shape index (κ2) is 7.96. The first-order chi connectivity index (χ1) is 12.5. The Morgan fingerprint density at radius 2 is 1.81 bits per heavy atom. The Morgan fingerprint density at radius 1 is 1.12 bits per heavy atom. The molecule has 3 nitrogen and oxygen atoms in total. The molecule has 3 rings (SSSR count). The predicted octanol–water partition coefficient (Wildman–Crippen LogP) is 4.01. The Hall–Kier alpha value is -2.27. The largest absolute Gasteiger partial charge is 0.339 e. The summed E-state index contributed by atoms with van der Waals surface area (Å²) in [5, 5.41) is 3.17. The average molecular weight is 358 g/mol. The molecule has 2 aromatic carbocycles. The summed E-state index contributed by atoms with van der Waals surface area (Å²) in [6.07, 6.45) is 1.92. The minimum absolute atomic E-state index is 0.130. The van der Waals surface area contributed by atoms with E-state index in [4.69, 9.17) is 0 Å². The second-order valence-corrected chi connectivity index (χ2v) is 6.95. The van der Waals surface area contributed by atoms with Gasteiger partial charge in [0.25, 0.3) is 5.91 Å². The molecular formula is C21H24F2N2O. The van der Waals surface area contributed by atoms with Crippen LogP contribution in [-0.4, -0.2) is 37.5 Å². The Balaban J connectivity index is 1.76. The van der Waals surface area contributed by atoms with Crippen LogP contribution in [0.1, 0.15) is 28.8 Å². The highest BCUT2D eigenvalue weighted by Gasteiger charge is 2.24. The van der Waals surface area contributed by atoms with Crippen LogP contribution in [0.5, 0.6) is 0 Å². The van der Waals surface area contributed by atoms with Crippen LogP contribution >= 0.6 is 0 Å². The molecule has 0 saturated carbocycles. The molecule has 5 heteroatoms. The van der Waals surface area contributed by atoms with Crippen molar-refractivity contribution in [1.82, 2.24) is 10.2 Å². The first-order valence-corrected chi connectivity index (χ1v) is 8.99. The molecule has 0 atom stereocenters. The first kappa shape index (κ1) is 18.5. The molecule has 1 N–H and O–H groups in total. The number of nitrogens with one attached hydrogen (secondary N) is 1. The van der Waals surface area contributed by atoms with Gasteiger partial charge in [-0.25, -0.2) is 8.78 Å². The summed E-state index contributed by atoms with van der Waals surface area (Å²) in [5.74, 6) is -0.352. The van der Waals surface area contributed by atoms with Gasteiger partial charge in [0.2, 0.25) is 0 Å². The number of carbonyl (C=O) groups is 1. The third kappa shape index (κ3) is 3.93. The maximum Gasteiger partial charge on any atom is 0.253 e. The number of carbonyl (C=O) groups excluding carboxylic acids is 1. The van der Waals surface area contributed by atoms with E-state index in [0.29, 0.717) is 41.3 Å². The van der Waals surface area contributed by atoms with E-state index in [1.165, 1.54) is 18.2 Å². The molecule has 0 unspecified atom stereocenters. The van der Waals surface area contributed by atoms with E-state index in [1.807, 2.05) is 7.05 Å². The maximum atomic E-state index is 14.6. The van der Waals surface area contributed by atoms with E-state index in [2.05, 4.69) is 5.32 Å². The zero-order valence-corrected chi connectivity index (χ0v) is 15.2. The summed E-state index contributed by atoms with van der Waals surface area (Å²) in [7, 11) is 1.94. The van der Waals surface area contributed by atoms with E-state index in [0.717, 1.165) is 19.4 Å². The molecule has 1 saturated heterocycles. The van der Waals surface area contributed by atoms with Crippen molar-refractivity contribution < 1.29 is 13.6 Å². The number of amides is 1. The molecule has 1 aliphatic heterocycles. The number of nitrogens with zero attached hydrogens (tertiary/aromatic N) is 1. The van der Waals surface area contributed by atoms with Gasteiger partial charge in [-0.2, -0.15) is 0 Å². The van der Waals surface area contributed by atoms with Crippen molar-refractivity contribution in [2.24, 2.45) is 5.92 Å². The average Bonchev–Trinajstić information content (AvgIpc) is 2.63. The molecule has 0 radical (unpaired) electrons. The minimum atomic E-state index is -0.462. The van der Waals surface area contributed by atoms with E-state index in [-0.39, 0.29) is 11.7 Å². The van der Waals surface area contributed by atoms with Crippen molar-refractivity contribution in [2.75, 3.05) is 26.7 Å². The summed E-state index contributed by atoms with van der Waals surface area (Å²) < 4.78 is 27.9. The molecule has 0 bridgehead atoms. The molecule has 1 amide bonds. The zero-order valence-electron chi connectivity index (χ0n) is 15.2. The fourth-order valence-corrected chi connectivity index (χ4v) is 3.61. The lowest BCUT2D eigenvalue weighted by molar-refractivity contribution is 0.0690. The predicted molar refractivity (Wildman–Crippen MR) is 99.1 cm³/mol. The second-order valence-electron chi connectivity index (χ2n) is 6.95. The summed E-state index contributed by atoms with van der Waals surface area (Å²) >= 11 is 0. The number of rotatable bonds is 4. The molecule has 0 aromatic heterocycles. The Bertz CT molecular complexity index is 799. The van der Waals surface area contributed by atoms with Crippen LogP contribution in [0.15, 0.2) is 36.4 Å². The molecule has 0 spiro atoms. The van der Waals surface area contributed by atoms with Gasteiger partial charge in [-0.1, -0.05) is 12.1 Å². The molecule has 1 heterocycles. The third-order valence-electron chi connectivity index (χ3n) is 5.09. The van der Waals surface area contributed by atoms with Crippen LogP contribution in [0.3, 0.4) is 0 Å². The standard InChI is InChI=1S/C21H24F2N2O/c1-14-11-17(22)4-6-18(14)19-5-3-16(12-20(19)23)21(26)25-9-7-15(8-10-25)13-24-2/h3-6,11-12,15,24H,7-10,13H2,1-2H3. The van der Waals surface area contributed by atoms with Crippen molar-refractivity contribution in [3.63, 3.8) is 0 Å². The number of piperidine rings is 1. The van der Waals surface area contributed by atoms with E-state index in [1.54, 1.807) is 30.0 Å². The van der Waals surface area contributed by atoms with E-state index < -0.39 is 5.82 Å². The molecule has 0 aliphatic carbocycles. The van der Waals surface area contributed by atoms with Crippen LogP contribution in [0.2, 0.25) is 0 Å². The number of halogens is 2. The van der Waals surface area contributed by atoms with Crippen molar-refractivity contribution >= 4 is 5.91 Å². The Morgan fingerprint density at radius 3 is 2.42 bits per heavy atom. The normalized spacial score (nSPS) is 15.3. The minimum Gasteiger partial charge on any atom is -0.339 e. The highest BCUT2D eigenvalue weighted by atomic mass is 19.1. The van der Waals surface area contributed by atoms with Crippen molar-refractivity contribution in [3.8, 4) is 11.1 Å². The summed E-state index contributed by atoms with van der Waals surface area (Å²) in [4.78, 5) is 14.5. The lowest BCUT2D eigenvalue weighted by atomic mass is 9.95. The van der Waals surface area contributed by atoms with Crippen molar-refractivity contribution in [2.45, 2.75) is 19.8 Å². The van der Waals surface area contributed by atoms with E-state index >= 15 is 0 Å². The molecular weight excluding hydrogens is 334 g/mol. The van der Waals surface area contributed by atoms with Crippen LogP contribution in [0, 0.1) is 24.5 Å². The molecule has 1 aliphatic rings. The molecule has 26 heavy (non-hydrogen) atoms. The fourth-order valence-electron chi connectivity index (χ4n) is 3.61. The Labute approximate surface area is 153 Å². The smallest absolute Gasteiger partial charge is 0.253 e. The SMILES string of the molecule is CNCC1CCN(C(=O)c2ccc(-c3ccc(F)cc3C)c(F)c2)CC1. The highest BCUT2D eigenvalue weighted by Crippen LogP contribution is 2.28. The molecule has 2 aromatic rings. The summed E-state index contributed by atoms with van der Waals surface area (Å²) in [5.41, 5.74) is 2.04. The lowest BCUT2D eigenvalue weighted by Crippen LogP contribution is -2.40. The van der Waals surface area contributed by atoms with Crippen LogP contribution in [0.4, 0.5) is 8.78 Å². The van der Waals surface area contributed by atoms with Gasteiger partial charge in [-0.05, 0) is 74.7 Å².